The lowest BCUT2D eigenvalue weighted by Crippen LogP contribution is -2.44. The first-order valence-corrected chi connectivity index (χ1v) is 11.2. The van der Waals surface area contributed by atoms with Crippen LogP contribution in [0.15, 0.2) is 58.0 Å². The average molecular weight is 481 g/mol. The molecule has 0 aliphatic heterocycles. The predicted molar refractivity (Wildman–Crippen MR) is 112 cm³/mol. The van der Waals surface area contributed by atoms with E-state index in [1.54, 1.807) is 26.0 Å². The molecule has 174 valence electrons. The number of hydrogen-bond donors (Lipinski definition) is 2. The monoisotopic (exact) mass is 481 g/mol. The molecule has 1 atom stereocenters. The molecule has 0 aliphatic carbocycles. The Morgan fingerprint density at radius 3 is 2.30 bits per heavy atom. The topological polar surface area (TPSA) is 114 Å². The number of fused-ring (bicyclic) bond motifs is 3. The molecule has 8 nitrogen and oxygen atoms in total. The first-order chi connectivity index (χ1) is 15.4. The van der Waals surface area contributed by atoms with Crippen molar-refractivity contribution in [1.82, 2.24) is 14.5 Å². The number of carboxylic acids is 1. The summed E-state index contributed by atoms with van der Waals surface area (Å²) < 4.78 is 72.9. The second-order valence-corrected chi connectivity index (χ2v) is 9.48. The van der Waals surface area contributed by atoms with Crippen LogP contribution in [-0.4, -0.2) is 35.3 Å². The highest BCUT2D eigenvalue weighted by molar-refractivity contribution is 7.89. The first kappa shape index (κ1) is 22.8. The lowest BCUT2D eigenvalue weighted by Gasteiger charge is -2.17. The van der Waals surface area contributed by atoms with Crippen LogP contribution in [-0.2, 0) is 21.0 Å². The van der Waals surface area contributed by atoms with Gasteiger partial charge in [0.05, 0.1) is 10.6 Å². The van der Waals surface area contributed by atoms with E-state index in [1.807, 2.05) is 0 Å². The van der Waals surface area contributed by atoms with Crippen molar-refractivity contribution in [3.05, 3.63) is 54.4 Å². The zero-order chi connectivity index (χ0) is 24.1. The van der Waals surface area contributed by atoms with Gasteiger partial charge in [-0.05, 0) is 36.2 Å². The Morgan fingerprint density at radius 2 is 1.73 bits per heavy atom. The van der Waals surface area contributed by atoms with Crippen molar-refractivity contribution >= 4 is 37.9 Å². The van der Waals surface area contributed by atoms with Crippen LogP contribution in [0.2, 0.25) is 0 Å². The first-order valence-electron chi connectivity index (χ1n) is 9.71. The van der Waals surface area contributed by atoms with Gasteiger partial charge in [-0.15, -0.1) is 0 Å². The van der Waals surface area contributed by atoms with E-state index in [4.69, 9.17) is 4.42 Å². The highest BCUT2D eigenvalue weighted by Gasteiger charge is 2.33. The summed E-state index contributed by atoms with van der Waals surface area (Å²) in [4.78, 5) is 11.2. The smallest absolute Gasteiger partial charge is 0.435 e. The maximum absolute atomic E-state index is 12.8. The summed E-state index contributed by atoms with van der Waals surface area (Å²) in [6.45, 7) is 3.16. The molecule has 1 unspecified atom stereocenters. The normalized spacial score (nSPS) is 13.8. The SMILES string of the molecule is CC(C)C(NS(=O)(=O)c1ccc2c(c1)oc1cc(-n3ccc(C(F)(F)F)n3)ccc12)C(=O)O. The quantitative estimate of drug-likeness (QED) is 0.427. The number of hydrogen-bond acceptors (Lipinski definition) is 5. The minimum atomic E-state index is -4.57. The summed E-state index contributed by atoms with van der Waals surface area (Å²) in [5.74, 6) is -1.77. The van der Waals surface area contributed by atoms with Gasteiger partial charge in [0.25, 0.3) is 0 Å². The number of carbonyl (C=O) groups is 1. The number of aliphatic carboxylic acids is 1. The lowest BCUT2D eigenvalue weighted by molar-refractivity contribution is -0.141. The van der Waals surface area contributed by atoms with Gasteiger partial charge >= 0.3 is 12.1 Å². The van der Waals surface area contributed by atoms with Gasteiger partial charge < -0.3 is 9.52 Å². The Kier molecular flexibility index (Phi) is 5.45. The minimum Gasteiger partial charge on any atom is -0.480 e. The third-order valence-electron chi connectivity index (χ3n) is 5.10. The molecule has 0 aliphatic rings. The van der Waals surface area contributed by atoms with Gasteiger partial charge in [-0.3, -0.25) is 4.79 Å². The van der Waals surface area contributed by atoms with Gasteiger partial charge in [-0.2, -0.15) is 23.0 Å². The van der Waals surface area contributed by atoms with E-state index >= 15 is 0 Å². The molecule has 2 heterocycles. The number of nitrogens with zero attached hydrogens (tertiary/aromatic N) is 2. The molecule has 0 amide bonds. The molecule has 0 bridgehead atoms. The number of aromatic nitrogens is 2. The van der Waals surface area contributed by atoms with Crippen LogP contribution in [0.5, 0.6) is 0 Å². The van der Waals surface area contributed by atoms with Crippen molar-refractivity contribution in [2.24, 2.45) is 5.92 Å². The molecule has 4 rings (SSSR count). The molecule has 0 saturated carbocycles. The molecule has 0 saturated heterocycles. The van der Waals surface area contributed by atoms with Crippen molar-refractivity contribution in [3.8, 4) is 5.69 Å². The van der Waals surface area contributed by atoms with Gasteiger partial charge in [0.1, 0.15) is 17.2 Å². The number of sulfonamides is 1. The lowest BCUT2D eigenvalue weighted by atomic mass is 10.1. The van der Waals surface area contributed by atoms with E-state index in [0.717, 1.165) is 10.7 Å². The third kappa shape index (κ3) is 4.31. The van der Waals surface area contributed by atoms with Crippen LogP contribution in [0.25, 0.3) is 27.6 Å². The molecule has 2 N–H and O–H groups in total. The Bertz CT molecular complexity index is 1470. The number of rotatable bonds is 6. The van der Waals surface area contributed by atoms with Crippen molar-refractivity contribution < 1.29 is 35.9 Å². The molecular weight excluding hydrogens is 463 g/mol. The largest absolute Gasteiger partial charge is 0.480 e. The minimum absolute atomic E-state index is 0.178. The molecule has 33 heavy (non-hydrogen) atoms. The van der Waals surface area contributed by atoms with E-state index in [-0.39, 0.29) is 10.5 Å². The average Bonchev–Trinajstić information content (AvgIpc) is 3.35. The number of furan rings is 1. The maximum Gasteiger partial charge on any atom is 0.435 e. The summed E-state index contributed by atoms with van der Waals surface area (Å²) in [7, 11) is -4.15. The molecule has 0 radical (unpaired) electrons. The van der Waals surface area contributed by atoms with E-state index in [1.165, 1.54) is 30.5 Å². The van der Waals surface area contributed by atoms with Gasteiger partial charge in [0, 0.05) is 29.1 Å². The standard InChI is InChI=1S/C21H18F3N3O5S/c1-11(2)19(20(28)29)26-33(30,31)13-4-6-15-14-5-3-12(9-16(14)32-17(15)10-13)27-8-7-18(25-27)21(22,23)24/h3-11,19,26H,1-2H3,(H,28,29). The Hall–Kier alpha value is -3.38. The Morgan fingerprint density at radius 1 is 1.09 bits per heavy atom. The molecule has 2 aromatic heterocycles. The van der Waals surface area contributed by atoms with Crippen molar-refractivity contribution in [1.29, 1.82) is 0 Å². The molecule has 0 spiro atoms. The summed E-state index contributed by atoms with van der Waals surface area (Å²) in [5, 5.41) is 14.0. The van der Waals surface area contributed by atoms with Crippen molar-refractivity contribution in [2.75, 3.05) is 0 Å². The number of halogens is 3. The van der Waals surface area contributed by atoms with Crippen molar-refractivity contribution in [2.45, 2.75) is 31.0 Å². The van der Waals surface area contributed by atoms with Crippen LogP contribution >= 0.6 is 0 Å². The van der Waals surface area contributed by atoms with Gasteiger partial charge in [-0.1, -0.05) is 13.8 Å². The Labute approximate surface area is 185 Å². The number of nitrogens with one attached hydrogen (secondary N) is 1. The fourth-order valence-corrected chi connectivity index (χ4v) is 4.73. The molecular formula is C21H18F3N3O5S. The zero-order valence-corrected chi connectivity index (χ0v) is 18.1. The number of benzene rings is 2. The van der Waals surface area contributed by atoms with Crippen LogP contribution in [0.4, 0.5) is 13.2 Å². The second kappa shape index (κ2) is 7.89. The number of alkyl halides is 3. The van der Waals surface area contributed by atoms with E-state index in [0.29, 0.717) is 22.0 Å². The fourth-order valence-electron chi connectivity index (χ4n) is 3.38. The van der Waals surface area contributed by atoms with Crippen LogP contribution in [0.1, 0.15) is 19.5 Å². The predicted octanol–water partition coefficient (Wildman–Crippen LogP) is 4.18. The summed E-state index contributed by atoms with van der Waals surface area (Å²) in [6.07, 6.45) is -3.39. The van der Waals surface area contributed by atoms with E-state index in [9.17, 15) is 31.5 Å². The molecule has 4 aromatic rings. The maximum atomic E-state index is 12.8. The van der Waals surface area contributed by atoms with E-state index < -0.39 is 39.8 Å². The summed E-state index contributed by atoms with van der Waals surface area (Å²) in [6, 6.07) is 8.37. The highest BCUT2D eigenvalue weighted by atomic mass is 32.2. The van der Waals surface area contributed by atoms with Crippen LogP contribution in [0, 0.1) is 5.92 Å². The fraction of sp³-hybridized carbons (Fsp3) is 0.238. The van der Waals surface area contributed by atoms with Crippen LogP contribution < -0.4 is 4.72 Å². The summed E-state index contributed by atoms with van der Waals surface area (Å²) >= 11 is 0. The van der Waals surface area contributed by atoms with Crippen LogP contribution in [0.3, 0.4) is 0 Å². The second-order valence-electron chi connectivity index (χ2n) is 7.77. The van der Waals surface area contributed by atoms with Gasteiger partial charge in [-0.25, -0.2) is 13.1 Å². The van der Waals surface area contributed by atoms with E-state index in [2.05, 4.69) is 9.82 Å². The van der Waals surface area contributed by atoms with Crippen molar-refractivity contribution in [3.63, 3.8) is 0 Å². The third-order valence-corrected chi connectivity index (χ3v) is 6.54. The summed E-state index contributed by atoms with van der Waals surface area (Å²) in [5.41, 5.74) is -0.166. The molecule has 12 heteroatoms. The van der Waals surface area contributed by atoms with Gasteiger partial charge in [0.2, 0.25) is 10.0 Å². The number of carboxylic acid groups (broad SMARTS) is 1. The van der Waals surface area contributed by atoms with Gasteiger partial charge in [0.15, 0.2) is 5.69 Å². The molecule has 2 aromatic carbocycles. The highest BCUT2D eigenvalue weighted by Crippen LogP contribution is 2.32. The molecule has 0 fully saturated rings. The Balaban J connectivity index is 1.72. The zero-order valence-electron chi connectivity index (χ0n) is 17.3.